The molecule has 0 saturated carbocycles. The number of nitrogens with zero attached hydrogens (tertiary/aromatic N) is 2. The Morgan fingerprint density at radius 3 is 1.50 bits per heavy atom. The summed E-state index contributed by atoms with van der Waals surface area (Å²) in [5.74, 6) is 1.01. The summed E-state index contributed by atoms with van der Waals surface area (Å²) in [4.78, 5) is 8.30. The minimum Gasteiger partial charge on any atom is -0.382 e. The molecule has 0 atom stereocenters. The molecule has 0 aliphatic carbocycles. The first kappa shape index (κ1) is 8.77. The zero-order valence-electron chi connectivity index (χ0n) is 7.46. The Balaban J connectivity index is 3.16. The molecular weight excluding hydrogens is 152 g/mol. The average Bonchev–Trinajstić information content (AvgIpc) is 2.08. The molecule has 4 heteroatoms. The van der Waals surface area contributed by atoms with Gasteiger partial charge in [0.25, 0.3) is 0 Å². The van der Waals surface area contributed by atoms with Crippen molar-refractivity contribution in [2.45, 2.75) is 26.7 Å². The summed E-state index contributed by atoms with van der Waals surface area (Å²) in [6.07, 6.45) is 1.54. The molecule has 0 saturated heterocycles. The van der Waals surface area contributed by atoms with Gasteiger partial charge in [0.2, 0.25) is 0 Å². The Hall–Kier alpha value is -1.32. The van der Waals surface area contributed by atoms with Gasteiger partial charge in [0.1, 0.15) is 11.6 Å². The van der Waals surface area contributed by atoms with E-state index in [-0.39, 0.29) is 0 Å². The van der Waals surface area contributed by atoms with Gasteiger partial charge in [-0.25, -0.2) is 9.97 Å². The lowest BCUT2D eigenvalue weighted by Crippen LogP contribution is -2.07. The van der Waals surface area contributed by atoms with Crippen LogP contribution in [0.5, 0.6) is 0 Å². The number of hydrogen-bond donors (Lipinski definition) is 2. The van der Waals surface area contributed by atoms with E-state index in [1.165, 1.54) is 0 Å². The van der Waals surface area contributed by atoms with Crippen LogP contribution in [0.3, 0.4) is 0 Å². The van der Waals surface area contributed by atoms with Crippen molar-refractivity contribution in [2.24, 2.45) is 0 Å². The van der Waals surface area contributed by atoms with Gasteiger partial charge in [-0.05, 0) is 12.8 Å². The van der Waals surface area contributed by atoms with Crippen molar-refractivity contribution in [1.29, 1.82) is 0 Å². The number of anilines is 2. The lowest BCUT2D eigenvalue weighted by Gasteiger charge is -2.05. The third-order valence-electron chi connectivity index (χ3n) is 1.77. The Labute approximate surface area is 72.0 Å². The van der Waals surface area contributed by atoms with Gasteiger partial charge in [0.05, 0.1) is 11.4 Å². The quantitative estimate of drug-likeness (QED) is 0.680. The molecule has 0 aliphatic rings. The van der Waals surface area contributed by atoms with Crippen LogP contribution in [0.2, 0.25) is 0 Å². The largest absolute Gasteiger partial charge is 0.382 e. The fraction of sp³-hybridized carbons (Fsp3) is 0.500. The molecule has 0 fully saturated rings. The van der Waals surface area contributed by atoms with Crippen molar-refractivity contribution < 1.29 is 0 Å². The second kappa shape index (κ2) is 3.38. The highest BCUT2D eigenvalue weighted by Crippen LogP contribution is 2.13. The summed E-state index contributed by atoms with van der Waals surface area (Å²) in [7, 11) is 0. The Morgan fingerprint density at radius 1 is 0.917 bits per heavy atom. The number of nitrogen functional groups attached to an aromatic ring is 2. The highest BCUT2D eigenvalue weighted by molar-refractivity contribution is 5.44. The Kier molecular flexibility index (Phi) is 2.47. The molecule has 1 aromatic heterocycles. The van der Waals surface area contributed by atoms with Crippen LogP contribution in [-0.2, 0) is 12.8 Å². The Bertz CT molecular complexity index is 253. The number of aromatic nitrogens is 2. The first-order valence-electron chi connectivity index (χ1n) is 4.09. The van der Waals surface area contributed by atoms with Crippen molar-refractivity contribution in [3.8, 4) is 0 Å². The molecule has 0 aromatic carbocycles. The van der Waals surface area contributed by atoms with Gasteiger partial charge in [0.15, 0.2) is 0 Å². The number of rotatable bonds is 2. The van der Waals surface area contributed by atoms with Crippen LogP contribution in [-0.4, -0.2) is 9.97 Å². The lowest BCUT2D eigenvalue weighted by molar-refractivity contribution is 0.956. The molecule has 1 rings (SSSR count). The maximum absolute atomic E-state index is 5.65. The van der Waals surface area contributed by atoms with Crippen molar-refractivity contribution >= 4 is 11.6 Å². The van der Waals surface area contributed by atoms with E-state index in [0.29, 0.717) is 11.6 Å². The van der Waals surface area contributed by atoms with E-state index in [4.69, 9.17) is 11.5 Å². The molecule has 0 unspecified atom stereocenters. The summed E-state index contributed by atoms with van der Waals surface area (Å²) >= 11 is 0. The smallest absolute Gasteiger partial charge is 0.145 e. The van der Waals surface area contributed by atoms with Crippen molar-refractivity contribution in [2.75, 3.05) is 11.5 Å². The second-order valence-corrected chi connectivity index (χ2v) is 2.59. The molecule has 0 bridgehead atoms. The maximum Gasteiger partial charge on any atom is 0.145 e. The topological polar surface area (TPSA) is 77.8 Å². The first-order chi connectivity index (χ1) is 5.69. The third kappa shape index (κ3) is 1.47. The molecule has 1 heterocycles. The minimum atomic E-state index is 0.503. The predicted octanol–water partition coefficient (Wildman–Crippen LogP) is 0.766. The van der Waals surface area contributed by atoms with E-state index in [1.807, 2.05) is 13.8 Å². The van der Waals surface area contributed by atoms with Gasteiger partial charge in [-0.15, -0.1) is 0 Å². The van der Waals surface area contributed by atoms with Gasteiger partial charge in [-0.2, -0.15) is 0 Å². The summed E-state index contributed by atoms with van der Waals surface area (Å²) in [5.41, 5.74) is 12.9. The van der Waals surface area contributed by atoms with Crippen LogP contribution in [0, 0.1) is 0 Å². The van der Waals surface area contributed by atoms with Gasteiger partial charge in [-0.1, -0.05) is 13.8 Å². The number of aryl methyl sites for hydroxylation is 2. The van der Waals surface area contributed by atoms with E-state index in [1.54, 1.807) is 0 Å². The SMILES string of the molecule is CCc1nc(N)c(CC)nc1N. The van der Waals surface area contributed by atoms with Crippen LogP contribution >= 0.6 is 0 Å². The molecule has 0 amide bonds. The normalized spacial score (nSPS) is 10.2. The van der Waals surface area contributed by atoms with Gasteiger partial charge >= 0.3 is 0 Å². The van der Waals surface area contributed by atoms with Crippen molar-refractivity contribution in [3.63, 3.8) is 0 Å². The van der Waals surface area contributed by atoms with E-state index in [2.05, 4.69) is 9.97 Å². The predicted molar refractivity (Wildman–Crippen MR) is 49.6 cm³/mol. The highest BCUT2D eigenvalue weighted by atomic mass is 15.0. The second-order valence-electron chi connectivity index (χ2n) is 2.59. The molecule has 0 spiro atoms. The van der Waals surface area contributed by atoms with Crippen LogP contribution in [0.15, 0.2) is 0 Å². The van der Waals surface area contributed by atoms with E-state index >= 15 is 0 Å². The zero-order chi connectivity index (χ0) is 9.14. The van der Waals surface area contributed by atoms with E-state index in [0.717, 1.165) is 24.2 Å². The summed E-state index contributed by atoms with van der Waals surface area (Å²) in [6.45, 7) is 3.96. The maximum atomic E-state index is 5.65. The van der Waals surface area contributed by atoms with Crippen molar-refractivity contribution in [1.82, 2.24) is 9.97 Å². The molecule has 4 nitrogen and oxygen atoms in total. The minimum absolute atomic E-state index is 0.503. The number of hydrogen-bond acceptors (Lipinski definition) is 4. The Morgan fingerprint density at radius 2 is 1.25 bits per heavy atom. The molecule has 66 valence electrons. The number of nitrogens with two attached hydrogens (primary N) is 2. The standard InChI is InChI=1S/C8H14N4/c1-3-5-7(9)12-6(4-2)8(10)11-5/h3-4H2,1-2H3,(H2,10,11)(H2,9,12). The molecule has 12 heavy (non-hydrogen) atoms. The monoisotopic (exact) mass is 166 g/mol. The first-order valence-corrected chi connectivity index (χ1v) is 4.09. The van der Waals surface area contributed by atoms with Crippen molar-refractivity contribution in [3.05, 3.63) is 11.4 Å². The van der Waals surface area contributed by atoms with E-state index in [9.17, 15) is 0 Å². The highest BCUT2D eigenvalue weighted by Gasteiger charge is 2.05. The van der Waals surface area contributed by atoms with Crippen LogP contribution in [0.1, 0.15) is 25.2 Å². The fourth-order valence-electron chi connectivity index (χ4n) is 1.05. The third-order valence-corrected chi connectivity index (χ3v) is 1.77. The molecule has 1 aromatic rings. The summed E-state index contributed by atoms with van der Waals surface area (Å²) < 4.78 is 0. The molecule has 0 radical (unpaired) electrons. The van der Waals surface area contributed by atoms with Crippen LogP contribution in [0.4, 0.5) is 11.6 Å². The zero-order valence-corrected chi connectivity index (χ0v) is 7.46. The van der Waals surface area contributed by atoms with Gasteiger partial charge in [0, 0.05) is 0 Å². The van der Waals surface area contributed by atoms with Crippen LogP contribution in [0.25, 0.3) is 0 Å². The fourth-order valence-corrected chi connectivity index (χ4v) is 1.05. The molecule has 0 aliphatic heterocycles. The van der Waals surface area contributed by atoms with Crippen LogP contribution < -0.4 is 11.5 Å². The lowest BCUT2D eigenvalue weighted by atomic mass is 10.2. The average molecular weight is 166 g/mol. The molecular formula is C8H14N4. The van der Waals surface area contributed by atoms with Gasteiger partial charge < -0.3 is 11.5 Å². The summed E-state index contributed by atoms with van der Waals surface area (Å²) in [5, 5.41) is 0. The van der Waals surface area contributed by atoms with E-state index < -0.39 is 0 Å². The van der Waals surface area contributed by atoms with Gasteiger partial charge in [-0.3, -0.25) is 0 Å². The molecule has 4 N–H and O–H groups in total. The summed E-state index contributed by atoms with van der Waals surface area (Å²) in [6, 6.07) is 0.